The Hall–Kier alpha value is -2.66. The van der Waals surface area contributed by atoms with E-state index in [-0.39, 0.29) is 11.7 Å². The summed E-state index contributed by atoms with van der Waals surface area (Å²) in [4.78, 5) is 28.7. The van der Waals surface area contributed by atoms with E-state index in [4.69, 9.17) is 4.74 Å². The molecule has 3 rings (SSSR count). The molecular weight excluding hydrogens is 328 g/mol. The largest absolute Gasteiger partial charge is 0.497 e. The van der Waals surface area contributed by atoms with Gasteiger partial charge in [-0.05, 0) is 30.7 Å². The summed E-state index contributed by atoms with van der Waals surface area (Å²) in [5, 5.41) is 0. The third-order valence-corrected chi connectivity index (χ3v) is 4.74. The number of Topliss-reactive ketones (excluding diaryl/α,β-unsaturated/α-hetero) is 1. The van der Waals surface area contributed by atoms with Gasteiger partial charge in [-0.25, -0.2) is 0 Å². The average Bonchev–Trinajstić information content (AvgIpc) is 2.68. The van der Waals surface area contributed by atoms with Gasteiger partial charge < -0.3 is 9.64 Å². The number of methoxy groups -OCH3 is 1. The highest BCUT2D eigenvalue weighted by Gasteiger charge is 2.24. The lowest BCUT2D eigenvalue weighted by Crippen LogP contribution is -2.48. The van der Waals surface area contributed by atoms with E-state index in [2.05, 4.69) is 11.0 Å². The van der Waals surface area contributed by atoms with Crippen LogP contribution in [0.5, 0.6) is 5.75 Å². The van der Waals surface area contributed by atoms with Gasteiger partial charge in [0.25, 0.3) is 5.91 Å². The van der Waals surface area contributed by atoms with Crippen LogP contribution in [0.2, 0.25) is 0 Å². The molecule has 5 nitrogen and oxygen atoms in total. The number of hydrogen-bond donors (Lipinski definition) is 0. The molecule has 0 spiro atoms. The Morgan fingerprint density at radius 3 is 2.31 bits per heavy atom. The Bertz CT molecular complexity index is 795. The van der Waals surface area contributed by atoms with Crippen molar-refractivity contribution in [2.24, 2.45) is 0 Å². The molecule has 0 saturated carbocycles. The minimum absolute atomic E-state index is 0.0585. The summed E-state index contributed by atoms with van der Waals surface area (Å²) in [5.41, 5.74) is 2.20. The van der Waals surface area contributed by atoms with Gasteiger partial charge in [0.05, 0.1) is 12.7 Å². The highest BCUT2D eigenvalue weighted by molar-refractivity contribution is 6.07. The first-order chi connectivity index (χ1) is 12.6. The number of rotatable bonds is 5. The molecule has 0 aromatic heterocycles. The van der Waals surface area contributed by atoms with Crippen LogP contribution in [0, 0.1) is 0 Å². The van der Waals surface area contributed by atoms with Crippen LogP contribution in [-0.2, 0) is 6.54 Å². The lowest BCUT2D eigenvalue weighted by atomic mass is 10.0. The monoisotopic (exact) mass is 352 g/mol. The van der Waals surface area contributed by atoms with Gasteiger partial charge in [0.1, 0.15) is 5.75 Å². The molecule has 0 aliphatic carbocycles. The topological polar surface area (TPSA) is 49.9 Å². The zero-order valence-corrected chi connectivity index (χ0v) is 15.3. The molecule has 1 fully saturated rings. The first-order valence-electron chi connectivity index (χ1n) is 8.83. The van der Waals surface area contributed by atoms with Crippen LogP contribution >= 0.6 is 0 Å². The maximum atomic E-state index is 12.8. The van der Waals surface area contributed by atoms with Gasteiger partial charge in [-0.2, -0.15) is 0 Å². The molecule has 1 heterocycles. The molecule has 1 saturated heterocycles. The standard InChI is InChI=1S/C21H24N2O3/c1-16(24)19-8-3-4-9-20(19)21(25)23-12-10-22(11-13-23)15-17-6-5-7-18(14-17)26-2/h3-9,14H,10-13,15H2,1-2H3. The second kappa shape index (κ2) is 8.15. The van der Waals surface area contributed by atoms with E-state index in [1.165, 1.54) is 12.5 Å². The SMILES string of the molecule is COc1cccc(CN2CCN(C(=O)c3ccccc3C(C)=O)CC2)c1. The normalized spacial score (nSPS) is 14.9. The molecule has 0 unspecified atom stereocenters. The highest BCUT2D eigenvalue weighted by atomic mass is 16.5. The number of hydrogen-bond acceptors (Lipinski definition) is 4. The lowest BCUT2D eigenvalue weighted by Gasteiger charge is -2.35. The molecular formula is C21H24N2O3. The molecule has 0 atom stereocenters. The first kappa shape index (κ1) is 18.1. The van der Waals surface area contributed by atoms with Crippen LogP contribution < -0.4 is 4.74 Å². The van der Waals surface area contributed by atoms with Crippen LogP contribution in [0.15, 0.2) is 48.5 Å². The van der Waals surface area contributed by atoms with Crippen molar-refractivity contribution < 1.29 is 14.3 Å². The van der Waals surface area contributed by atoms with Gasteiger partial charge in [0, 0.05) is 38.3 Å². The number of piperazine rings is 1. The van der Waals surface area contributed by atoms with E-state index in [1.54, 1.807) is 31.4 Å². The molecule has 5 heteroatoms. The zero-order chi connectivity index (χ0) is 18.5. The van der Waals surface area contributed by atoms with E-state index in [0.29, 0.717) is 24.2 Å². The smallest absolute Gasteiger partial charge is 0.254 e. The van der Waals surface area contributed by atoms with E-state index in [9.17, 15) is 9.59 Å². The Balaban J connectivity index is 1.61. The van der Waals surface area contributed by atoms with Crippen molar-refractivity contribution in [2.75, 3.05) is 33.3 Å². The number of benzene rings is 2. The molecule has 0 bridgehead atoms. The van der Waals surface area contributed by atoms with Crippen LogP contribution in [0.1, 0.15) is 33.2 Å². The molecule has 0 N–H and O–H groups in total. The fourth-order valence-electron chi connectivity index (χ4n) is 3.29. The quantitative estimate of drug-likeness (QED) is 0.777. The number of carbonyl (C=O) groups excluding carboxylic acids is 2. The summed E-state index contributed by atoms with van der Waals surface area (Å²) < 4.78 is 5.27. The Kier molecular flexibility index (Phi) is 5.68. The fraction of sp³-hybridized carbons (Fsp3) is 0.333. The molecule has 1 aliphatic heterocycles. The number of nitrogens with zero attached hydrogens (tertiary/aromatic N) is 2. The van der Waals surface area contributed by atoms with Gasteiger partial charge in [-0.1, -0.05) is 30.3 Å². The van der Waals surface area contributed by atoms with E-state index in [0.717, 1.165) is 25.4 Å². The Morgan fingerprint density at radius 2 is 1.65 bits per heavy atom. The van der Waals surface area contributed by atoms with Crippen LogP contribution in [0.3, 0.4) is 0 Å². The number of amides is 1. The Morgan fingerprint density at radius 1 is 0.962 bits per heavy atom. The van der Waals surface area contributed by atoms with Crippen molar-refractivity contribution in [3.05, 3.63) is 65.2 Å². The van der Waals surface area contributed by atoms with Crippen LogP contribution in [-0.4, -0.2) is 54.8 Å². The third kappa shape index (κ3) is 4.11. The second-order valence-corrected chi connectivity index (χ2v) is 6.52. The van der Waals surface area contributed by atoms with Gasteiger partial charge >= 0.3 is 0 Å². The van der Waals surface area contributed by atoms with Crippen molar-refractivity contribution >= 4 is 11.7 Å². The van der Waals surface area contributed by atoms with Crippen molar-refractivity contribution in [3.63, 3.8) is 0 Å². The minimum atomic E-state index is -0.0781. The minimum Gasteiger partial charge on any atom is -0.497 e. The molecule has 2 aromatic carbocycles. The summed E-state index contributed by atoms with van der Waals surface area (Å²) >= 11 is 0. The van der Waals surface area contributed by atoms with Crippen molar-refractivity contribution in [1.29, 1.82) is 0 Å². The number of ether oxygens (including phenoxy) is 1. The second-order valence-electron chi connectivity index (χ2n) is 6.52. The summed E-state index contributed by atoms with van der Waals surface area (Å²) in [5.74, 6) is 0.722. The molecule has 136 valence electrons. The predicted octanol–water partition coefficient (Wildman–Crippen LogP) is 2.86. The third-order valence-electron chi connectivity index (χ3n) is 4.74. The fourth-order valence-corrected chi connectivity index (χ4v) is 3.29. The highest BCUT2D eigenvalue weighted by Crippen LogP contribution is 2.17. The molecule has 26 heavy (non-hydrogen) atoms. The Labute approximate surface area is 154 Å². The van der Waals surface area contributed by atoms with E-state index in [1.807, 2.05) is 23.1 Å². The summed E-state index contributed by atoms with van der Waals surface area (Å²) in [6.07, 6.45) is 0. The van der Waals surface area contributed by atoms with Crippen molar-refractivity contribution in [2.45, 2.75) is 13.5 Å². The van der Waals surface area contributed by atoms with Crippen molar-refractivity contribution in [3.8, 4) is 5.75 Å². The van der Waals surface area contributed by atoms with E-state index < -0.39 is 0 Å². The predicted molar refractivity (Wildman–Crippen MR) is 101 cm³/mol. The maximum Gasteiger partial charge on any atom is 0.254 e. The van der Waals surface area contributed by atoms with Gasteiger partial charge in [-0.15, -0.1) is 0 Å². The van der Waals surface area contributed by atoms with Crippen LogP contribution in [0.4, 0.5) is 0 Å². The molecule has 0 radical (unpaired) electrons. The summed E-state index contributed by atoms with van der Waals surface area (Å²) in [7, 11) is 1.67. The molecule has 1 aliphatic rings. The van der Waals surface area contributed by atoms with Crippen LogP contribution in [0.25, 0.3) is 0 Å². The zero-order valence-electron chi connectivity index (χ0n) is 15.3. The molecule has 1 amide bonds. The van der Waals surface area contributed by atoms with Crippen molar-refractivity contribution in [1.82, 2.24) is 9.80 Å². The maximum absolute atomic E-state index is 12.8. The first-order valence-corrected chi connectivity index (χ1v) is 8.83. The van der Waals surface area contributed by atoms with Gasteiger partial charge in [-0.3, -0.25) is 14.5 Å². The lowest BCUT2D eigenvalue weighted by molar-refractivity contribution is 0.0625. The number of carbonyl (C=O) groups is 2. The number of ketones is 1. The summed E-state index contributed by atoms with van der Waals surface area (Å²) in [6.45, 7) is 5.28. The summed E-state index contributed by atoms with van der Waals surface area (Å²) in [6, 6.07) is 15.1. The van der Waals surface area contributed by atoms with Gasteiger partial charge in [0.2, 0.25) is 0 Å². The average molecular weight is 352 g/mol. The van der Waals surface area contributed by atoms with Gasteiger partial charge in [0.15, 0.2) is 5.78 Å². The molecule has 2 aromatic rings. The van der Waals surface area contributed by atoms with E-state index >= 15 is 0 Å².